The number of carbonyl (C=O) groups is 2. The van der Waals surface area contributed by atoms with Gasteiger partial charge in [-0.2, -0.15) is 5.10 Å². The third-order valence-corrected chi connectivity index (χ3v) is 8.24. The summed E-state index contributed by atoms with van der Waals surface area (Å²) >= 11 is 0. The zero-order valence-electron chi connectivity index (χ0n) is 18.7. The number of nitrogens with one attached hydrogen (secondary N) is 1. The molecule has 10 heteroatoms. The molecule has 3 aliphatic rings. The van der Waals surface area contributed by atoms with Gasteiger partial charge in [0.15, 0.2) is 9.84 Å². The Morgan fingerprint density at radius 1 is 1.19 bits per heavy atom. The average Bonchev–Trinajstić information content (AvgIpc) is 3.13. The highest BCUT2D eigenvalue weighted by atomic mass is 32.2. The van der Waals surface area contributed by atoms with Gasteiger partial charge in [0.1, 0.15) is 5.71 Å². The van der Waals surface area contributed by atoms with E-state index in [0.29, 0.717) is 12.1 Å². The van der Waals surface area contributed by atoms with Crippen LogP contribution in [0.15, 0.2) is 23.3 Å². The lowest BCUT2D eigenvalue weighted by Crippen LogP contribution is -2.46. The number of hydrazone groups is 1. The quantitative estimate of drug-likeness (QED) is 0.708. The Labute approximate surface area is 189 Å². The number of sulfone groups is 1. The van der Waals surface area contributed by atoms with E-state index in [1.165, 1.54) is 10.7 Å². The van der Waals surface area contributed by atoms with Crippen LogP contribution in [0.5, 0.6) is 0 Å². The molecule has 2 amide bonds. The summed E-state index contributed by atoms with van der Waals surface area (Å²) in [6.45, 7) is 9.35. The van der Waals surface area contributed by atoms with Gasteiger partial charge in [0.05, 0.1) is 17.5 Å². The van der Waals surface area contributed by atoms with Gasteiger partial charge in [-0.05, 0) is 43.7 Å². The van der Waals surface area contributed by atoms with E-state index >= 15 is 0 Å². The van der Waals surface area contributed by atoms with Gasteiger partial charge in [-0.15, -0.1) is 0 Å². The number of anilines is 2. The van der Waals surface area contributed by atoms with Crippen LogP contribution >= 0.6 is 0 Å². The van der Waals surface area contributed by atoms with Crippen LogP contribution in [0.4, 0.5) is 11.4 Å². The van der Waals surface area contributed by atoms with Crippen molar-refractivity contribution >= 4 is 38.7 Å². The van der Waals surface area contributed by atoms with Crippen molar-refractivity contribution in [1.82, 2.24) is 9.91 Å². The molecular formula is C22H31N5O4S. The summed E-state index contributed by atoms with van der Waals surface area (Å²) in [5.41, 5.74) is 3.20. The number of rotatable bonds is 5. The first-order valence-electron chi connectivity index (χ1n) is 11.2. The normalized spacial score (nSPS) is 23.9. The number of hydrogen-bond acceptors (Lipinski definition) is 7. The van der Waals surface area contributed by atoms with Gasteiger partial charge in [-0.1, -0.05) is 6.92 Å². The van der Waals surface area contributed by atoms with Gasteiger partial charge >= 0.3 is 0 Å². The van der Waals surface area contributed by atoms with E-state index in [1.807, 2.05) is 25.1 Å². The minimum atomic E-state index is -3.15. The fourth-order valence-electron chi connectivity index (χ4n) is 4.58. The Morgan fingerprint density at radius 2 is 1.94 bits per heavy atom. The lowest BCUT2D eigenvalue weighted by Gasteiger charge is -2.36. The van der Waals surface area contributed by atoms with Crippen LogP contribution in [0.25, 0.3) is 0 Å². The van der Waals surface area contributed by atoms with Crippen molar-refractivity contribution in [3.05, 3.63) is 23.8 Å². The number of carbonyl (C=O) groups excluding carboxylic acids is 2. The van der Waals surface area contributed by atoms with E-state index in [1.54, 1.807) is 0 Å². The number of benzene rings is 1. The molecule has 3 aliphatic heterocycles. The molecule has 1 N–H and O–H groups in total. The van der Waals surface area contributed by atoms with Crippen molar-refractivity contribution in [3.63, 3.8) is 0 Å². The first-order chi connectivity index (χ1) is 15.3. The third kappa shape index (κ3) is 4.96. The largest absolute Gasteiger partial charge is 0.369 e. The molecular weight excluding hydrogens is 430 g/mol. The second-order valence-corrected chi connectivity index (χ2v) is 10.9. The standard InChI is InChI=1S/C22H31N5O4S/c1-3-25-9-11-26(12-10-25)20-6-4-17(14-16(20)2)23-22(29)19-5-7-21(28)27(24-19)18-8-13-32(30,31)15-18/h4,6,14,18H,3,5,7-13,15H2,1-2H3,(H,23,29)/t18-/m0/s1. The SMILES string of the molecule is CCN1CCN(c2ccc(NC(=O)C3=NN([C@H]4CCS(=O)(=O)C4)C(=O)CC3)cc2C)CC1. The van der Waals surface area contributed by atoms with Crippen molar-refractivity contribution in [3.8, 4) is 0 Å². The first kappa shape index (κ1) is 22.7. The van der Waals surface area contributed by atoms with E-state index in [-0.39, 0.29) is 41.9 Å². The van der Waals surface area contributed by atoms with Crippen molar-refractivity contribution in [2.24, 2.45) is 5.10 Å². The van der Waals surface area contributed by atoms with E-state index in [0.717, 1.165) is 38.3 Å². The number of aryl methyl sites for hydroxylation is 1. The molecule has 0 unspecified atom stereocenters. The molecule has 1 aromatic rings. The predicted octanol–water partition coefficient (Wildman–Crippen LogP) is 1.24. The van der Waals surface area contributed by atoms with E-state index in [2.05, 4.69) is 27.1 Å². The Bertz CT molecular complexity index is 1030. The van der Waals surface area contributed by atoms with Crippen LogP contribution < -0.4 is 10.2 Å². The molecule has 4 rings (SSSR count). The zero-order chi connectivity index (χ0) is 22.9. The maximum atomic E-state index is 12.8. The predicted molar refractivity (Wildman–Crippen MR) is 125 cm³/mol. The Hall–Kier alpha value is -2.46. The summed E-state index contributed by atoms with van der Waals surface area (Å²) in [4.78, 5) is 29.9. The van der Waals surface area contributed by atoms with Crippen molar-refractivity contribution in [1.29, 1.82) is 0 Å². The van der Waals surface area contributed by atoms with E-state index in [9.17, 15) is 18.0 Å². The lowest BCUT2D eigenvalue weighted by molar-refractivity contribution is -0.133. The van der Waals surface area contributed by atoms with Crippen molar-refractivity contribution in [2.75, 3.05) is 54.4 Å². The molecule has 174 valence electrons. The minimum Gasteiger partial charge on any atom is -0.369 e. The molecule has 1 aromatic carbocycles. The molecule has 0 saturated carbocycles. The summed E-state index contributed by atoms with van der Waals surface area (Å²) < 4.78 is 23.6. The molecule has 0 aliphatic carbocycles. The van der Waals surface area contributed by atoms with Crippen molar-refractivity contribution in [2.45, 2.75) is 39.2 Å². The number of hydrogen-bond donors (Lipinski definition) is 1. The lowest BCUT2D eigenvalue weighted by atomic mass is 10.1. The number of nitrogens with zero attached hydrogens (tertiary/aromatic N) is 4. The number of likely N-dealkylation sites (N-methyl/N-ethyl adjacent to an activating group) is 1. The Kier molecular flexibility index (Phi) is 6.52. The van der Waals surface area contributed by atoms with Gasteiger partial charge in [0, 0.05) is 50.4 Å². The van der Waals surface area contributed by atoms with Gasteiger partial charge in [0.2, 0.25) is 5.91 Å². The topological polar surface area (TPSA) is 102 Å². The molecule has 1 atom stereocenters. The maximum absolute atomic E-state index is 12.8. The fraction of sp³-hybridized carbons (Fsp3) is 0.591. The van der Waals surface area contributed by atoms with Crippen LogP contribution in [0.1, 0.15) is 31.7 Å². The van der Waals surface area contributed by atoms with E-state index < -0.39 is 15.9 Å². The highest BCUT2D eigenvalue weighted by molar-refractivity contribution is 7.91. The smallest absolute Gasteiger partial charge is 0.271 e. The monoisotopic (exact) mass is 461 g/mol. The van der Waals surface area contributed by atoms with Gasteiger partial charge < -0.3 is 15.1 Å². The van der Waals surface area contributed by atoms with Gasteiger partial charge in [-0.25, -0.2) is 13.4 Å². The first-order valence-corrected chi connectivity index (χ1v) is 13.1. The van der Waals surface area contributed by atoms with Crippen LogP contribution in [-0.2, 0) is 19.4 Å². The average molecular weight is 462 g/mol. The third-order valence-electron chi connectivity index (χ3n) is 6.49. The summed E-state index contributed by atoms with van der Waals surface area (Å²) in [6, 6.07) is 5.40. The van der Waals surface area contributed by atoms with Crippen LogP contribution in [0.2, 0.25) is 0 Å². The molecule has 2 fully saturated rings. The number of amides is 2. The van der Waals surface area contributed by atoms with Crippen LogP contribution in [0.3, 0.4) is 0 Å². The molecule has 0 radical (unpaired) electrons. The van der Waals surface area contributed by atoms with E-state index in [4.69, 9.17) is 0 Å². The molecule has 32 heavy (non-hydrogen) atoms. The van der Waals surface area contributed by atoms with Crippen LogP contribution in [0, 0.1) is 6.92 Å². The minimum absolute atomic E-state index is 0.0532. The van der Waals surface area contributed by atoms with Crippen molar-refractivity contribution < 1.29 is 18.0 Å². The summed E-state index contributed by atoms with van der Waals surface area (Å²) in [7, 11) is -3.15. The molecule has 0 bridgehead atoms. The highest BCUT2D eigenvalue weighted by Crippen LogP contribution is 2.26. The van der Waals surface area contributed by atoms with Gasteiger partial charge in [0.25, 0.3) is 5.91 Å². The summed E-state index contributed by atoms with van der Waals surface area (Å²) in [5.74, 6) is -0.624. The molecule has 0 aromatic heterocycles. The molecule has 2 saturated heterocycles. The molecule has 0 spiro atoms. The summed E-state index contributed by atoms with van der Waals surface area (Å²) in [5, 5.41) is 8.35. The molecule has 3 heterocycles. The van der Waals surface area contributed by atoms with Gasteiger partial charge in [-0.3, -0.25) is 9.59 Å². The number of piperazine rings is 1. The Morgan fingerprint density at radius 3 is 2.56 bits per heavy atom. The molecule has 9 nitrogen and oxygen atoms in total. The maximum Gasteiger partial charge on any atom is 0.271 e. The highest BCUT2D eigenvalue weighted by Gasteiger charge is 2.37. The Balaban J connectivity index is 1.42. The second-order valence-electron chi connectivity index (χ2n) is 8.72. The fourth-order valence-corrected chi connectivity index (χ4v) is 6.28. The van der Waals surface area contributed by atoms with Crippen LogP contribution in [-0.4, -0.2) is 86.1 Å². The second kappa shape index (κ2) is 9.19. The zero-order valence-corrected chi connectivity index (χ0v) is 19.5. The summed E-state index contributed by atoms with van der Waals surface area (Å²) in [6.07, 6.45) is 0.767.